The first-order valence-corrected chi connectivity index (χ1v) is 6.53. The number of halogens is 1. The Labute approximate surface area is 114 Å². The zero-order chi connectivity index (χ0) is 14.6. The summed E-state index contributed by atoms with van der Waals surface area (Å²) in [7, 11) is 0. The molecule has 0 fully saturated rings. The van der Waals surface area contributed by atoms with E-state index in [0.29, 0.717) is 6.42 Å². The van der Waals surface area contributed by atoms with E-state index in [2.05, 4.69) is 5.32 Å². The summed E-state index contributed by atoms with van der Waals surface area (Å²) in [4.78, 5) is 11.4. The summed E-state index contributed by atoms with van der Waals surface area (Å²) in [6, 6.07) is 6.04. The van der Waals surface area contributed by atoms with Crippen molar-refractivity contribution in [2.75, 3.05) is 0 Å². The monoisotopic (exact) mass is 266 g/mol. The van der Waals surface area contributed by atoms with Gasteiger partial charge in [0, 0.05) is 5.54 Å². The van der Waals surface area contributed by atoms with E-state index in [9.17, 15) is 9.18 Å². The third-order valence-electron chi connectivity index (χ3n) is 3.08. The van der Waals surface area contributed by atoms with E-state index in [1.54, 1.807) is 12.1 Å². The van der Waals surface area contributed by atoms with Crippen molar-refractivity contribution in [3.63, 3.8) is 0 Å². The summed E-state index contributed by atoms with van der Waals surface area (Å²) in [5, 5.41) is 3.29. The number of rotatable bonds is 6. The average Bonchev–Trinajstić information content (AvgIpc) is 2.28. The third kappa shape index (κ3) is 4.99. The second kappa shape index (κ2) is 6.15. The first kappa shape index (κ1) is 15.6. The second-order valence-corrected chi connectivity index (χ2v) is 5.96. The lowest BCUT2D eigenvalue weighted by Crippen LogP contribution is -2.55. The maximum absolute atomic E-state index is 12.9. The summed E-state index contributed by atoms with van der Waals surface area (Å²) in [6.07, 6.45) is 0.698. The number of hydrogen-bond donors (Lipinski definition) is 2. The van der Waals surface area contributed by atoms with Gasteiger partial charge in [-0.05, 0) is 43.9 Å². The SMILES string of the molecule is CC(C)[C@H](NC(C)(C)Cc1ccc(F)cc1)C(N)=O. The lowest BCUT2D eigenvalue weighted by atomic mass is 9.91. The maximum Gasteiger partial charge on any atom is 0.234 e. The summed E-state index contributed by atoms with van der Waals surface area (Å²) in [6.45, 7) is 7.93. The Kier molecular flexibility index (Phi) is 5.06. The molecule has 0 bridgehead atoms. The highest BCUT2D eigenvalue weighted by molar-refractivity contribution is 5.80. The molecular formula is C15H23FN2O. The van der Waals surface area contributed by atoms with E-state index in [4.69, 9.17) is 5.73 Å². The second-order valence-electron chi connectivity index (χ2n) is 5.96. The first-order chi connectivity index (χ1) is 8.71. The number of carbonyl (C=O) groups is 1. The molecule has 0 aromatic heterocycles. The van der Waals surface area contributed by atoms with Crippen LogP contribution in [-0.4, -0.2) is 17.5 Å². The fourth-order valence-corrected chi connectivity index (χ4v) is 2.15. The molecule has 0 aliphatic heterocycles. The highest BCUT2D eigenvalue weighted by Gasteiger charge is 2.27. The smallest absolute Gasteiger partial charge is 0.234 e. The van der Waals surface area contributed by atoms with Crippen LogP contribution in [0.1, 0.15) is 33.3 Å². The summed E-state index contributed by atoms with van der Waals surface area (Å²) in [5.74, 6) is -0.459. The number of benzene rings is 1. The van der Waals surface area contributed by atoms with Crippen LogP contribution in [0.5, 0.6) is 0 Å². The van der Waals surface area contributed by atoms with Crippen LogP contribution in [0.2, 0.25) is 0 Å². The third-order valence-corrected chi connectivity index (χ3v) is 3.08. The molecule has 0 unspecified atom stereocenters. The predicted molar refractivity (Wildman–Crippen MR) is 75.1 cm³/mol. The molecule has 3 N–H and O–H groups in total. The van der Waals surface area contributed by atoms with Crippen molar-refractivity contribution < 1.29 is 9.18 Å². The number of carbonyl (C=O) groups excluding carboxylic acids is 1. The Morgan fingerprint density at radius 1 is 1.32 bits per heavy atom. The van der Waals surface area contributed by atoms with Crippen molar-refractivity contribution in [3.05, 3.63) is 35.6 Å². The van der Waals surface area contributed by atoms with Gasteiger partial charge in [-0.3, -0.25) is 4.79 Å². The van der Waals surface area contributed by atoms with Gasteiger partial charge in [0.2, 0.25) is 5.91 Å². The lowest BCUT2D eigenvalue weighted by Gasteiger charge is -2.32. The van der Waals surface area contributed by atoms with Crippen molar-refractivity contribution in [2.45, 2.75) is 45.7 Å². The standard InChI is InChI=1S/C15H23FN2O/c1-10(2)13(14(17)19)18-15(3,4)9-11-5-7-12(16)8-6-11/h5-8,10,13,18H,9H2,1-4H3,(H2,17,19)/t13-/m0/s1. The minimum absolute atomic E-state index is 0.130. The highest BCUT2D eigenvalue weighted by Crippen LogP contribution is 2.16. The quantitative estimate of drug-likeness (QED) is 0.829. The normalized spacial score (nSPS) is 13.6. The van der Waals surface area contributed by atoms with Crippen LogP contribution >= 0.6 is 0 Å². The van der Waals surface area contributed by atoms with Crippen LogP contribution in [0.25, 0.3) is 0 Å². The molecule has 0 saturated carbocycles. The highest BCUT2D eigenvalue weighted by atomic mass is 19.1. The minimum atomic E-state index is -0.365. The Balaban J connectivity index is 2.74. The van der Waals surface area contributed by atoms with Crippen molar-refractivity contribution in [1.29, 1.82) is 0 Å². The molecule has 3 nitrogen and oxygen atoms in total. The van der Waals surface area contributed by atoms with E-state index in [1.165, 1.54) is 12.1 Å². The molecular weight excluding hydrogens is 243 g/mol. The molecule has 1 amide bonds. The zero-order valence-electron chi connectivity index (χ0n) is 12.0. The molecule has 0 spiro atoms. The van der Waals surface area contributed by atoms with E-state index in [0.717, 1.165) is 5.56 Å². The van der Waals surface area contributed by atoms with Gasteiger partial charge in [-0.2, -0.15) is 0 Å². The van der Waals surface area contributed by atoms with Crippen LogP contribution in [0.15, 0.2) is 24.3 Å². The molecule has 0 radical (unpaired) electrons. The number of nitrogens with two attached hydrogens (primary N) is 1. The van der Waals surface area contributed by atoms with Gasteiger partial charge in [-0.15, -0.1) is 0 Å². The summed E-state index contributed by atoms with van der Waals surface area (Å²) < 4.78 is 12.9. The molecule has 1 atom stereocenters. The van der Waals surface area contributed by atoms with Crippen molar-refractivity contribution in [2.24, 2.45) is 11.7 Å². The Hall–Kier alpha value is -1.42. The van der Waals surface area contributed by atoms with Gasteiger partial charge in [-0.25, -0.2) is 4.39 Å². The van der Waals surface area contributed by atoms with E-state index < -0.39 is 0 Å². The molecule has 1 aromatic carbocycles. The van der Waals surface area contributed by atoms with Crippen molar-refractivity contribution >= 4 is 5.91 Å². The molecule has 0 saturated heterocycles. The molecule has 0 heterocycles. The van der Waals surface area contributed by atoms with Crippen molar-refractivity contribution in [1.82, 2.24) is 5.32 Å². The molecule has 1 aromatic rings. The Morgan fingerprint density at radius 3 is 2.26 bits per heavy atom. The molecule has 0 aliphatic rings. The maximum atomic E-state index is 12.9. The number of hydrogen-bond acceptors (Lipinski definition) is 2. The molecule has 4 heteroatoms. The molecule has 106 valence electrons. The van der Waals surface area contributed by atoms with E-state index in [-0.39, 0.29) is 29.2 Å². The van der Waals surface area contributed by atoms with Gasteiger partial charge < -0.3 is 11.1 Å². The minimum Gasteiger partial charge on any atom is -0.368 e. The van der Waals surface area contributed by atoms with Gasteiger partial charge in [0.1, 0.15) is 5.82 Å². The van der Waals surface area contributed by atoms with Crippen molar-refractivity contribution in [3.8, 4) is 0 Å². The van der Waals surface area contributed by atoms with Crippen LogP contribution in [0, 0.1) is 11.7 Å². The average molecular weight is 266 g/mol. The van der Waals surface area contributed by atoms with Gasteiger partial charge in [-0.1, -0.05) is 26.0 Å². The largest absolute Gasteiger partial charge is 0.368 e. The van der Waals surface area contributed by atoms with Gasteiger partial charge in [0.05, 0.1) is 6.04 Å². The van der Waals surface area contributed by atoms with Crippen LogP contribution in [-0.2, 0) is 11.2 Å². The fraction of sp³-hybridized carbons (Fsp3) is 0.533. The van der Waals surface area contributed by atoms with Gasteiger partial charge in [0.15, 0.2) is 0 Å². The zero-order valence-corrected chi connectivity index (χ0v) is 12.0. The topological polar surface area (TPSA) is 55.1 Å². The number of amides is 1. The van der Waals surface area contributed by atoms with Gasteiger partial charge >= 0.3 is 0 Å². The van der Waals surface area contributed by atoms with E-state index >= 15 is 0 Å². The number of primary amides is 1. The van der Waals surface area contributed by atoms with Crippen LogP contribution in [0.4, 0.5) is 4.39 Å². The van der Waals surface area contributed by atoms with Crippen LogP contribution in [0.3, 0.4) is 0 Å². The summed E-state index contributed by atoms with van der Waals surface area (Å²) >= 11 is 0. The molecule has 1 rings (SSSR count). The Morgan fingerprint density at radius 2 is 1.84 bits per heavy atom. The van der Waals surface area contributed by atoms with Gasteiger partial charge in [0.25, 0.3) is 0 Å². The fourth-order valence-electron chi connectivity index (χ4n) is 2.15. The van der Waals surface area contributed by atoms with E-state index in [1.807, 2.05) is 27.7 Å². The molecule has 0 aliphatic carbocycles. The first-order valence-electron chi connectivity index (χ1n) is 6.53. The predicted octanol–water partition coefficient (Wildman–Crippen LogP) is 2.25. The summed E-state index contributed by atoms with van der Waals surface area (Å²) in [5.41, 5.74) is 6.14. The lowest BCUT2D eigenvalue weighted by molar-refractivity contribution is -0.121. The Bertz CT molecular complexity index is 426. The molecule has 19 heavy (non-hydrogen) atoms. The van der Waals surface area contributed by atoms with Crippen LogP contribution < -0.4 is 11.1 Å². The number of nitrogens with one attached hydrogen (secondary N) is 1.